The zero-order chi connectivity index (χ0) is 22.0. The molecule has 0 unspecified atom stereocenters. The highest BCUT2D eigenvalue weighted by molar-refractivity contribution is 6.32. The molecule has 4 rings (SSSR count). The lowest BCUT2D eigenvalue weighted by Crippen LogP contribution is -2.37. The van der Waals surface area contributed by atoms with Crippen LogP contribution in [0, 0.1) is 0 Å². The quantitative estimate of drug-likeness (QED) is 0.608. The fraction of sp³-hybridized carbons (Fsp3) is 0.167. The van der Waals surface area contributed by atoms with Crippen LogP contribution in [0.25, 0.3) is 0 Å². The first-order valence-corrected chi connectivity index (χ1v) is 10.1. The molecule has 0 saturated carbocycles. The summed E-state index contributed by atoms with van der Waals surface area (Å²) in [4.78, 5) is 28.2. The number of ether oxygens (including phenoxy) is 2. The molecule has 1 aliphatic heterocycles. The van der Waals surface area contributed by atoms with Crippen molar-refractivity contribution in [1.82, 2.24) is 4.90 Å². The van der Waals surface area contributed by atoms with E-state index in [0.717, 1.165) is 5.56 Å². The summed E-state index contributed by atoms with van der Waals surface area (Å²) in [5.41, 5.74) is 2.61. The van der Waals surface area contributed by atoms with E-state index in [0.29, 0.717) is 39.9 Å². The molecule has 1 heterocycles. The van der Waals surface area contributed by atoms with Gasteiger partial charge in [-0.1, -0.05) is 60.1 Å². The van der Waals surface area contributed by atoms with Crippen LogP contribution in [0.1, 0.15) is 27.5 Å². The second-order valence-corrected chi connectivity index (χ2v) is 7.49. The second-order valence-electron chi connectivity index (χ2n) is 7.08. The Balaban J connectivity index is 1.70. The minimum atomic E-state index is -0.827. The normalized spacial score (nSPS) is 13.5. The monoisotopic (exact) mass is 436 g/mol. The van der Waals surface area contributed by atoms with Gasteiger partial charge in [-0.15, -0.1) is 0 Å². The number of benzene rings is 3. The summed E-state index contributed by atoms with van der Waals surface area (Å²) in [5, 5.41) is 3.21. The Morgan fingerprint density at radius 1 is 1.00 bits per heavy atom. The number of rotatable bonds is 6. The predicted molar refractivity (Wildman–Crippen MR) is 119 cm³/mol. The molecular weight excluding hydrogens is 416 g/mol. The molecule has 0 saturated heterocycles. The number of carbonyl (C=O) groups is 2. The first kappa shape index (κ1) is 20.8. The van der Waals surface area contributed by atoms with Crippen molar-refractivity contribution in [2.75, 3.05) is 19.5 Å². The van der Waals surface area contributed by atoms with Gasteiger partial charge in [-0.25, -0.2) is 0 Å². The van der Waals surface area contributed by atoms with E-state index >= 15 is 0 Å². The summed E-state index contributed by atoms with van der Waals surface area (Å²) in [5.74, 6) is 0.282. The molecule has 0 spiro atoms. The maximum absolute atomic E-state index is 13.5. The van der Waals surface area contributed by atoms with Gasteiger partial charge in [0.1, 0.15) is 17.5 Å². The van der Waals surface area contributed by atoms with E-state index in [9.17, 15) is 9.59 Å². The summed E-state index contributed by atoms with van der Waals surface area (Å²) >= 11 is 6.25. The zero-order valence-electron chi connectivity index (χ0n) is 17.1. The SMILES string of the molecule is COc1cc(OC)c(NC(=O)[C@H](c2ccccc2)N2Cc3ccccc3C2=O)cc1Cl. The molecule has 0 radical (unpaired) electrons. The van der Waals surface area contributed by atoms with E-state index in [4.69, 9.17) is 21.1 Å². The van der Waals surface area contributed by atoms with Gasteiger partial charge in [0, 0.05) is 18.2 Å². The van der Waals surface area contributed by atoms with E-state index in [-0.39, 0.29) is 11.8 Å². The number of fused-ring (bicyclic) bond motifs is 1. The maximum atomic E-state index is 13.5. The minimum absolute atomic E-state index is 0.181. The molecule has 0 bridgehead atoms. The number of anilines is 1. The molecule has 31 heavy (non-hydrogen) atoms. The molecule has 2 amide bonds. The molecule has 0 fully saturated rings. The first-order valence-electron chi connectivity index (χ1n) is 9.69. The van der Waals surface area contributed by atoms with Crippen molar-refractivity contribution in [3.63, 3.8) is 0 Å². The fourth-order valence-electron chi connectivity index (χ4n) is 3.75. The van der Waals surface area contributed by atoms with E-state index in [1.54, 1.807) is 23.1 Å². The average molecular weight is 437 g/mol. The lowest BCUT2D eigenvalue weighted by molar-refractivity contribution is -0.120. The van der Waals surface area contributed by atoms with Gasteiger partial charge >= 0.3 is 0 Å². The number of hydrogen-bond donors (Lipinski definition) is 1. The van der Waals surface area contributed by atoms with Crippen LogP contribution in [0.15, 0.2) is 66.7 Å². The van der Waals surface area contributed by atoms with E-state index < -0.39 is 6.04 Å². The highest BCUT2D eigenvalue weighted by atomic mass is 35.5. The van der Waals surface area contributed by atoms with Crippen LogP contribution in [0.4, 0.5) is 5.69 Å². The summed E-state index contributed by atoms with van der Waals surface area (Å²) in [6, 6.07) is 19.0. The topological polar surface area (TPSA) is 67.9 Å². The average Bonchev–Trinajstić information content (AvgIpc) is 3.11. The second kappa shape index (κ2) is 8.70. The standard InChI is InChI=1S/C24H21ClN2O4/c1-30-20-13-21(31-2)19(12-18(20)25)26-23(28)22(15-8-4-3-5-9-15)27-14-16-10-6-7-11-17(16)24(27)29/h3-13,22H,14H2,1-2H3,(H,26,28)/t22-/m0/s1. The van der Waals surface area contributed by atoms with Crippen molar-refractivity contribution in [1.29, 1.82) is 0 Å². The molecule has 3 aromatic carbocycles. The number of methoxy groups -OCH3 is 2. The van der Waals surface area contributed by atoms with Crippen LogP contribution < -0.4 is 14.8 Å². The van der Waals surface area contributed by atoms with Gasteiger partial charge < -0.3 is 19.7 Å². The lowest BCUT2D eigenvalue weighted by atomic mass is 10.0. The van der Waals surface area contributed by atoms with Crippen molar-refractivity contribution >= 4 is 29.1 Å². The van der Waals surface area contributed by atoms with Crippen LogP contribution in [0.5, 0.6) is 11.5 Å². The van der Waals surface area contributed by atoms with Gasteiger partial charge in [-0.2, -0.15) is 0 Å². The number of amides is 2. The summed E-state index contributed by atoms with van der Waals surface area (Å²) in [7, 11) is 2.99. The molecule has 1 aliphatic rings. The zero-order valence-corrected chi connectivity index (χ0v) is 17.8. The third-order valence-electron chi connectivity index (χ3n) is 5.26. The molecule has 1 N–H and O–H groups in total. The molecule has 0 aromatic heterocycles. The highest BCUT2D eigenvalue weighted by Gasteiger charge is 2.37. The van der Waals surface area contributed by atoms with Gasteiger partial charge in [-0.3, -0.25) is 9.59 Å². The maximum Gasteiger partial charge on any atom is 0.255 e. The van der Waals surface area contributed by atoms with Gasteiger partial charge in [0.15, 0.2) is 0 Å². The Labute approximate surface area is 185 Å². The Bertz CT molecular complexity index is 1130. The van der Waals surface area contributed by atoms with Gasteiger partial charge in [0.2, 0.25) is 0 Å². The predicted octanol–water partition coefficient (Wildman–Crippen LogP) is 4.69. The van der Waals surface area contributed by atoms with E-state index in [1.807, 2.05) is 48.5 Å². The van der Waals surface area contributed by atoms with Crippen LogP contribution in [0.2, 0.25) is 5.02 Å². The Kier molecular flexibility index (Phi) is 5.82. The molecular formula is C24H21ClN2O4. The highest BCUT2D eigenvalue weighted by Crippen LogP contribution is 2.37. The number of nitrogens with one attached hydrogen (secondary N) is 1. The Morgan fingerprint density at radius 3 is 2.35 bits per heavy atom. The third kappa shape index (κ3) is 3.94. The third-order valence-corrected chi connectivity index (χ3v) is 5.55. The summed E-state index contributed by atoms with van der Waals surface area (Å²) < 4.78 is 10.6. The van der Waals surface area contributed by atoms with E-state index in [1.165, 1.54) is 14.2 Å². The van der Waals surface area contributed by atoms with Crippen molar-refractivity contribution in [2.24, 2.45) is 0 Å². The number of nitrogens with zero attached hydrogens (tertiary/aromatic N) is 1. The van der Waals surface area contributed by atoms with Crippen LogP contribution in [-0.2, 0) is 11.3 Å². The molecule has 7 heteroatoms. The molecule has 6 nitrogen and oxygen atoms in total. The molecule has 0 aliphatic carbocycles. The fourth-order valence-corrected chi connectivity index (χ4v) is 3.99. The number of hydrogen-bond acceptors (Lipinski definition) is 4. The number of carbonyl (C=O) groups excluding carboxylic acids is 2. The molecule has 3 aromatic rings. The smallest absolute Gasteiger partial charge is 0.255 e. The van der Waals surface area contributed by atoms with E-state index in [2.05, 4.69) is 5.32 Å². The van der Waals surface area contributed by atoms with Gasteiger partial charge in [-0.05, 0) is 23.3 Å². The van der Waals surface area contributed by atoms with Crippen LogP contribution >= 0.6 is 11.6 Å². The Hall–Kier alpha value is -3.51. The largest absolute Gasteiger partial charge is 0.495 e. The van der Waals surface area contributed by atoms with Crippen molar-refractivity contribution in [2.45, 2.75) is 12.6 Å². The lowest BCUT2D eigenvalue weighted by Gasteiger charge is -2.27. The first-order chi connectivity index (χ1) is 15.0. The van der Waals surface area contributed by atoms with Crippen LogP contribution in [0.3, 0.4) is 0 Å². The summed E-state index contributed by atoms with van der Waals surface area (Å²) in [6.07, 6.45) is 0. The minimum Gasteiger partial charge on any atom is -0.495 e. The van der Waals surface area contributed by atoms with Gasteiger partial charge in [0.05, 0.1) is 24.9 Å². The van der Waals surface area contributed by atoms with Gasteiger partial charge in [0.25, 0.3) is 11.8 Å². The van der Waals surface area contributed by atoms with Crippen molar-refractivity contribution < 1.29 is 19.1 Å². The Morgan fingerprint density at radius 2 is 1.68 bits per heavy atom. The van der Waals surface area contributed by atoms with Crippen molar-refractivity contribution in [3.05, 3.63) is 88.4 Å². The summed E-state index contributed by atoms with van der Waals surface area (Å²) in [6.45, 7) is 0.350. The molecule has 1 atom stereocenters. The number of halogens is 1. The van der Waals surface area contributed by atoms with Crippen LogP contribution in [-0.4, -0.2) is 30.9 Å². The molecule has 158 valence electrons. The van der Waals surface area contributed by atoms with Crippen molar-refractivity contribution in [3.8, 4) is 11.5 Å².